The minimum atomic E-state index is 0.481. The number of nitriles is 1. The van der Waals surface area contributed by atoms with E-state index in [9.17, 15) is 0 Å². The Morgan fingerprint density at radius 3 is 2.53 bits per heavy atom. The van der Waals surface area contributed by atoms with Gasteiger partial charge in [0.15, 0.2) is 0 Å². The molecular formula is C15H16N4. The van der Waals surface area contributed by atoms with E-state index in [1.54, 1.807) is 12.1 Å². The van der Waals surface area contributed by atoms with E-state index in [1.165, 1.54) is 0 Å². The Morgan fingerprint density at radius 1 is 1.16 bits per heavy atom. The molecule has 4 heteroatoms. The van der Waals surface area contributed by atoms with Gasteiger partial charge in [0, 0.05) is 19.8 Å². The summed E-state index contributed by atoms with van der Waals surface area (Å²) in [6, 6.07) is 15.4. The Morgan fingerprint density at radius 2 is 1.89 bits per heavy atom. The maximum absolute atomic E-state index is 8.86. The van der Waals surface area contributed by atoms with Gasteiger partial charge in [-0.25, -0.2) is 0 Å². The second-order valence-electron chi connectivity index (χ2n) is 4.45. The quantitative estimate of drug-likeness (QED) is 0.824. The highest BCUT2D eigenvalue weighted by molar-refractivity contribution is 5.76. The summed E-state index contributed by atoms with van der Waals surface area (Å²) in [6.45, 7) is 0. The van der Waals surface area contributed by atoms with Crippen LogP contribution < -0.4 is 16.0 Å². The van der Waals surface area contributed by atoms with Crippen molar-refractivity contribution in [2.45, 2.75) is 0 Å². The summed E-state index contributed by atoms with van der Waals surface area (Å²) >= 11 is 0. The van der Waals surface area contributed by atoms with Gasteiger partial charge in [-0.05, 0) is 30.3 Å². The van der Waals surface area contributed by atoms with Crippen molar-refractivity contribution in [1.82, 2.24) is 0 Å². The third-order valence-corrected chi connectivity index (χ3v) is 2.84. The third-order valence-electron chi connectivity index (χ3n) is 2.84. The van der Waals surface area contributed by atoms with Crippen LogP contribution in [0.4, 0.5) is 22.7 Å². The average molecular weight is 252 g/mol. The molecule has 0 aromatic heterocycles. The third kappa shape index (κ3) is 2.78. The molecule has 0 aliphatic rings. The summed E-state index contributed by atoms with van der Waals surface area (Å²) in [5.41, 5.74) is 9.74. The van der Waals surface area contributed by atoms with Gasteiger partial charge in [0.1, 0.15) is 6.07 Å². The first-order valence-electron chi connectivity index (χ1n) is 5.95. The maximum Gasteiger partial charge on any atom is 0.101 e. The largest absolute Gasteiger partial charge is 0.398 e. The Hall–Kier alpha value is -2.67. The predicted octanol–water partition coefficient (Wildman–Crippen LogP) is 2.95. The lowest BCUT2D eigenvalue weighted by Crippen LogP contribution is -2.10. The smallest absolute Gasteiger partial charge is 0.101 e. The van der Waals surface area contributed by atoms with E-state index in [0.29, 0.717) is 11.3 Å². The molecule has 0 aliphatic carbocycles. The Labute approximate surface area is 113 Å². The topological polar surface area (TPSA) is 65.1 Å². The fourth-order valence-electron chi connectivity index (χ4n) is 1.87. The summed E-state index contributed by atoms with van der Waals surface area (Å²) in [5.74, 6) is 0. The van der Waals surface area contributed by atoms with Gasteiger partial charge in [-0.15, -0.1) is 0 Å². The number of rotatable bonds is 3. The number of nitrogens with one attached hydrogen (secondary N) is 1. The van der Waals surface area contributed by atoms with E-state index < -0.39 is 0 Å². The van der Waals surface area contributed by atoms with Crippen molar-refractivity contribution in [1.29, 1.82) is 5.26 Å². The normalized spacial score (nSPS) is 9.74. The van der Waals surface area contributed by atoms with Gasteiger partial charge in [-0.2, -0.15) is 5.26 Å². The van der Waals surface area contributed by atoms with Gasteiger partial charge in [-0.3, -0.25) is 0 Å². The van der Waals surface area contributed by atoms with E-state index in [4.69, 9.17) is 11.0 Å². The van der Waals surface area contributed by atoms with Gasteiger partial charge >= 0.3 is 0 Å². The Balaban J connectivity index is 2.32. The van der Waals surface area contributed by atoms with Crippen LogP contribution in [0, 0.1) is 11.3 Å². The van der Waals surface area contributed by atoms with Crippen molar-refractivity contribution >= 4 is 22.7 Å². The molecule has 0 unspecified atom stereocenters. The number of anilines is 4. The fourth-order valence-corrected chi connectivity index (χ4v) is 1.87. The molecule has 2 aromatic carbocycles. The highest BCUT2D eigenvalue weighted by Crippen LogP contribution is 2.28. The molecule has 0 aliphatic heterocycles. The number of nitrogens with zero attached hydrogens (tertiary/aromatic N) is 2. The van der Waals surface area contributed by atoms with Gasteiger partial charge in [0.05, 0.1) is 22.6 Å². The van der Waals surface area contributed by atoms with E-state index in [0.717, 1.165) is 17.1 Å². The first-order valence-corrected chi connectivity index (χ1v) is 5.95. The molecule has 0 radical (unpaired) electrons. The van der Waals surface area contributed by atoms with Crippen LogP contribution in [-0.4, -0.2) is 14.1 Å². The van der Waals surface area contributed by atoms with Crippen LogP contribution in [0.3, 0.4) is 0 Å². The van der Waals surface area contributed by atoms with Crippen LogP contribution in [-0.2, 0) is 0 Å². The zero-order chi connectivity index (χ0) is 13.8. The number of nitrogen functional groups attached to an aromatic ring is 1. The highest BCUT2D eigenvalue weighted by Gasteiger charge is 2.05. The highest BCUT2D eigenvalue weighted by atomic mass is 15.1. The van der Waals surface area contributed by atoms with Crippen LogP contribution in [0.2, 0.25) is 0 Å². The second-order valence-corrected chi connectivity index (χ2v) is 4.45. The monoisotopic (exact) mass is 252 g/mol. The molecule has 0 spiro atoms. The van der Waals surface area contributed by atoms with E-state index in [2.05, 4.69) is 11.4 Å². The molecule has 0 saturated heterocycles. The first kappa shape index (κ1) is 12.8. The van der Waals surface area contributed by atoms with Crippen LogP contribution in [0.1, 0.15) is 5.56 Å². The maximum atomic E-state index is 8.86. The zero-order valence-corrected chi connectivity index (χ0v) is 11.0. The second kappa shape index (κ2) is 5.32. The molecule has 3 N–H and O–H groups in total. The molecule has 0 bridgehead atoms. The molecule has 0 heterocycles. The van der Waals surface area contributed by atoms with E-state index in [-0.39, 0.29) is 0 Å². The van der Waals surface area contributed by atoms with Crippen molar-refractivity contribution < 1.29 is 0 Å². The molecule has 4 nitrogen and oxygen atoms in total. The SMILES string of the molecule is CN(C)c1ccccc1Nc1ccc(C#N)c(N)c1. The summed E-state index contributed by atoms with van der Waals surface area (Å²) in [5, 5.41) is 12.2. The minimum Gasteiger partial charge on any atom is -0.398 e. The molecule has 0 fully saturated rings. The molecule has 0 saturated carbocycles. The molecule has 96 valence electrons. The van der Waals surface area contributed by atoms with Crippen molar-refractivity contribution in [3.8, 4) is 6.07 Å². The predicted molar refractivity (Wildman–Crippen MR) is 79.6 cm³/mol. The zero-order valence-electron chi connectivity index (χ0n) is 11.0. The van der Waals surface area contributed by atoms with Crippen molar-refractivity contribution in [3.63, 3.8) is 0 Å². The van der Waals surface area contributed by atoms with Crippen LogP contribution in [0.5, 0.6) is 0 Å². The van der Waals surface area contributed by atoms with E-state index >= 15 is 0 Å². The van der Waals surface area contributed by atoms with Crippen molar-refractivity contribution in [2.75, 3.05) is 30.0 Å². The molecule has 19 heavy (non-hydrogen) atoms. The van der Waals surface area contributed by atoms with Crippen molar-refractivity contribution in [2.24, 2.45) is 0 Å². The summed E-state index contributed by atoms with van der Waals surface area (Å²) in [4.78, 5) is 2.04. The molecule has 2 aromatic rings. The Bertz CT molecular complexity index is 626. The number of hydrogen-bond donors (Lipinski definition) is 2. The standard InChI is InChI=1S/C15H16N4/c1-19(2)15-6-4-3-5-14(15)18-12-8-7-11(10-16)13(17)9-12/h3-9,18H,17H2,1-2H3. The molecule has 2 rings (SSSR count). The van der Waals surface area contributed by atoms with Gasteiger partial charge in [0.25, 0.3) is 0 Å². The lowest BCUT2D eigenvalue weighted by atomic mass is 10.1. The fraction of sp³-hybridized carbons (Fsp3) is 0.133. The van der Waals surface area contributed by atoms with Crippen LogP contribution in [0.25, 0.3) is 0 Å². The Kier molecular flexibility index (Phi) is 3.58. The molecule has 0 atom stereocenters. The van der Waals surface area contributed by atoms with Crippen molar-refractivity contribution in [3.05, 3.63) is 48.0 Å². The summed E-state index contributed by atoms with van der Waals surface area (Å²) in [6.07, 6.45) is 0. The lowest BCUT2D eigenvalue weighted by molar-refractivity contribution is 1.13. The van der Waals surface area contributed by atoms with Crippen LogP contribution >= 0.6 is 0 Å². The lowest BCUT2D eigenvalue weighted by Gasteiger charge is -2.18. The van der Waals surface area contributed by atoms with Crippen LogP contribution in [0.15, 0.2) is 42.5 Å². The van der Waals surface area contributed by atoms with Gasteiger partial charge in [-0.1, -0.05) is 12.1 Å². The van der Waals surface area contributed by atoms with Gasteiger partial charge < -0.3 is 16.0 Å². The summed E-state index contributed by atoms with van der Waals surface area (Å²) in [7, 11) is 3.99. The first-order chi connectivity index (χ1) is 9.11. The average Bonchev–Trinajstić information content (AvgIpc) is 2.39. The minimum absolute atomic E-state index is 0.481. The number of nitrogens with two attached hydrogens (primary N) is 1. The van der Waals surface area contributed by atoms with Gasteiger partial charge in [0.2, 0.25) is 0 Å². The number of benzene rings is 2. The van der Waals surface area contributed by atoms with E-state index in [1.807, 2.05) is 49.3 Å². The molecular weight excluding hydrogens is 236 g/mol. The number of hydrogen-bond acceptors (Lipinski definition) is 4. The summed E-state index contributed by atoms with van der Waals surface area (Å²) < 4.78 is 0. The molecule has 0 amide bonds. The number of para-hydroxylation sites is 2.